The molecule has 1 aliphatic heterocycles. The number of hydrogen-bond acceptors (Lipinski definition) is 8. The van der Waals surface area contributed by atoms with Gasteiger partial charge in [-0.25, -0.2) is 9.97 Å². The standard InChI is InChI=1S/C29H29N5O3/c30-27(26-28(31)32-19-33-29(26)34-22-13-15-35-16-14-22)21-9-11-23(12-10-21)37-25-8-4-7-24(17-25)36-18-20-5-2-1-3-6-20/h1-12,17,19,22,30H,13-16,18H2,(H3,31,32,33,34). The summed E-state index contributed by atoms with van der Waals surface area (Å²) in [7, 11) is 0. The topological polar surface area (TPSA) is 115 Å². The van der Waals surface area contributed by atoms with E-state index in [-0.39, 0.29) is 17.6 Å². The first kappa shape index (κ1) is 24.3. The van der Waals surface area contributed by atoms with Gasteiger partial charge in [0, 0.05) is 30.9 Å². The van der Waals surface area contributed by atoms with Crippen LogP contribution >= 0.6 is 0 Å². The van der Waals surface area contributed by atoms with E-state index in [0.29, 0.717) is 48.3 Å². The van der Waals surface area contributed by atoms with E-state index in [1.54, 1.807) is 0 Å². The normalized spacial score (nSPS) is 13.6. The molecule has 0 amide bonds. The zero-order valence-corrected chi connectivity index (χ0v) is 20.4. The van der Waals surface area contributed by atoms with E-state index in [9.17, 15) is 0 Å². The van der Waals surface area contributed by atoms with E-state index >= 15 is 0 Å². The van der Waals surface area contributed by atoms with Crippen molar-refractivity contribution in [2.75, 3.05) is 24.3 Å². The lowest BCUT2D eigenvalue weighted by molar-refractivity contribution is 0.0904. The summed E-state index contributed by atoms with van der Waals surface area (Å²) in [6.45, 7) is 1.89. The summed E-state index contributed by atoms with van der Waals surface area (Å²) in [6, 6.07) is 25.1. The van der Waals surface area contributed by atoms with Gasteiger partial charge >= 0.3 is 0 Å². The van der Waals surface area contributed by atoms with E-state index in [4.69, 9.17) is 25.4 Å². The fourth-order valence-corrected chi connectivity index (χ4v) is 4.13. The highest BCUT2D eigenvalue weighted by molar-refractivity contribution is 6.16. The maximum Gasteiger partial charge on any atom is 0.141 e. The summed E-state index contributed by atoms with van der Waals surface area (Å²) in [5.74, 6) is 2.87. The largest absolute Gasteiger partial charge is 0.489 e. The van der Waals surface area contributed by atoms with Crippen LogP contribution in [-0.2, 0) is 11.3 Å². The molecule has 0 radical (unpaired) electrons. The van der Waals surface area contributed by atoms with Gasteiger partial charge in [-0.05, 0) is 54.8 Å². The zero-order chi connectivity index (χ0) is 25.5. The zero-order valence-electron chi connectivity index (χ0n) is 20.4. The Hall–Kier alpha value is -4.43. The molecule has 5 rings (SSSR count). The Morgan fingerprint density at radius 2 is 1.68 bits per heavy atom. The number of ether oxygens (including phenoxy) is 3. The van der Waals surface area contributed by atoms with Crippen molar-refractivity contribution in [1.29, 1.82) is 5.41 Å². The second kappa shape index (κ2) is 11.5. The maximum atomic E-state index is 8.82. The maximum absolute atomic E-state index is 8.82. The van der Waals surface area contributed by atoms with Gasteiger partial charge in [0.25, 0.3) is 0 Å². The Balaban J connectivity index is 1.26. The van der Waals surface area contributed by atoms with E-state index in [2.05, 4.69) is 15.3 Å². The molecule has 3 aromatic carbocycles. The van der Waals surface area contributed by atoms with Crippen molar-refractivity contribution in [2.24, 2.45) is 0 Å². The van der Waals surface area contributed by atoms with Gasteiger partial charge in [0.05, 0.1) is 11.3 Å². The molecule has 0 atom stereocenters. The van der Waals surface area contributed by atoms with Crippen LogP contribution in [0.25, 0.3) is 0 Å². The molecule has 0 saturated carbocycles. The lowest BCUT2D eigenvalue weighted by Gasteiger charge is -2.25. The average Bonchev–Trinajstić information content (AvgIpc) is 2.94. The number of anilines is 2. The molecule has 1 aliphatic rings. The van der Waals surface area contributed by atoms with E-state index in [1.165, 1.54) is 6.33 Å². The van der Waals surface area contributed by atoms with Crippen molar-refractivity contribution >= 4 is 17.3 Å². The number of nitrogens with one attached hydrogen (secondary N) is 2. The monoisotopic (exact) mass is 495 g/mol. The summed E-state index contributed by atoms with van der Waals surface area (Å²) >= 11 is 0. The third-order valence-electron chi connectivity index (χ3n) is 6.12. The van der Waals surface area contributed by atoms with Gasteiger partial charge in [-0.3, -0.25) is 5.41 Å². The van der Waals surface area contributed by atoms with E-state index in [1.807, 2.05) is 78.9 Å². The Bertz CT molecular complexity index is 1340. The Morgan fingerprint density at radius 3 is 2.46 bits per heavy atom. The van der Waals surface area contributed by atoms with Crippen molar-refractivity contribution in [2.45, 2.75) is 25.5 Å². The lowest BCUT2D eigenvalue weighted by atomic mass is 10.0. The van der Waals surface area contributed by atoms with Crippen LogP contribution in [0.3, 0.4) is 0 Å². The Morgan fingerprint density at radius 1 is 0.919 bits per heavy atom. The van der Waals surface area contributed by atoms with Crippen molar-refractivity contribution in [3.8, 4) is 17.2 Å². The number of nitrogens with two attached hydrogens (primary N) is 1. The minimum absolute atomic E-state index is 0.220. The van der Waals surface area contributed by atoms with E-state index < -0.39 is 0 Å². The molecular formula is C29H29N5O3. The van der Waals surface area contributed by atoms with Crippen molar-refractivity contribution in [3.63, 3.8) is 0 Å². The molecule has 1 aromatic heterocycles. The van der Waals surface area contributed by atoms with Crippen LogP contribution in [0.4, 0.5) is 11.6 Å². The molecule has 0 unspecified atom stereocenters. The molecule has 1 saturated heterocycles. The summed E-state index contributed by atoms with van der Waals surface area (Å²) < 4.78 is 17.4. The molecule has 0 spiro atoms. The molecule has 8 heteroatoms. The number of rotatable bonds is 9. The quantitative estimate of drug-likeness (QED) is 0.265. The summed E-state index contributed by atoms with van der Waals surface area (Å²) in [5.41, 5.74) is 8.70. The molecule has 4 N–H and O–H groups in total. The Kier molecular flexibility index (Phi) is 7.57. The molecule has 188 valence electrons. The fourth-order valence-electron chi connectivity index (χ4n) is 4.13. The number of nitrogens with zero attached hydrogens (tertiary/aromatic N) is 2. The number of aromatic nitrogens is 2. The fraction of sp³-hybridized carbons (Fsp3) is 0.207. The molecule has 2 heterocycles. The molecule has 37 heavy (non-hydrogen) atoms. The summed E-state index contributed by atoms with van der Waals surface area (Å²) in [6.07, 6.45) is 3.17. The highest BCUT2D eigenvalue weighted by atomic mass is 16.5. The van der Waals surface area contributed by atoms with Gasteiger partial charge in [-0.1, -0.05) is 36.4 Å². The molecule has 8 nitrogen and oxygen atoms in total. The van der Waals surface area contributed by atoms with Crippen LogP contribution in [0.2, 0.25) is 0 Å². The van der Waals surface area contributed by atoms with Gasteiger partial charge in [-0.15, -0.1) is 0 Å². The highest BCUT2D eigenvalue weighted by Crippen LogP contribution is 2.28. The van der Waals surface area contributed by atoms with Gasteiger partial charge in [-0.2, -0.15) is 0 Å². The third-order valence-corrected chi connectivity index (χ3v) is 6.12. The summed E-state index contributed by atoms with van der Waals surface area (Å²) in [4.78, 5) is 8.50. The number of benzene rings is 3. The van der Waals surface area contributed by atoms with Crippen LogP contribution in [-0.4, -0.2) is 34.9 Å². The molecule has 1 fully saturated rings. The molecule has 4 aromatic rings. The molecule has 0 aliphatic carbocycles. The van der Waals surface area contributed by atoms with Crippen molar-refractivity contribution in [1.82, 2.24) is 9.97 Å². The second-order valence-electron chi connectivity index (χ2n) is 8.76. The first-order valence-corrected chi connectivity index (χ1v) is 12.2. The average molecular weight is 496 g/mol. The summed E-state index contributed by atoms with van der Waals surface area (Å²) in [5, 5.41) is 12.2. The van der Waals surface area contributed by atoms with Crippen molar-refractivity contribution < 1.29 is 14.2 Å². The minimum atomic E-state index is 0.220. The van der Waals surface area contributed by atoms with Crippen LogP contribution < -0.4 is 20.5 Å². The third kappa shape index (κ3) is 6.23. The smallest absolute Gasteiger partial charge is 0.141 e. The van der Waals surface area contributed by atoms with Gasteiger partial charge in [0.1, 0.15) is 41.8 Å². The SMILES string of the molecule is N=C(c1ccc(Oc2cccc(OCc3ccccc3)c2)cc1)c1c(N)ncnc1NC1CCOCC1. The van der Waals surface area contributed by atoms with Crippen molar-refractivity contribution in [3.05, 3.63) is 102 Å². The first-order valence-electron chi connectivity index (χ1n) is 12.2. The predicted octanol–water partition coefficient (Wildman–Crippen LogP) is 5.44. The highest BCUT2D eigenvalue weighted by Gasteiger charge is 2.20. The first-order chi connectivity index (χ1) is 18.2. The van der Waals surface area contributed by atoms with Gasteiger partial charge in [0.2, 0.25) is 0 Å². The predicted molar refractivity (Wildman–Crippen MR) is 144 cm³/mol. The minimum Gasteiger partial charge on any atom is -0.489 e. The van der Waals surface area contributed by atoms with Gasteiger partial charge in [0.15, 0.2) is 0 Å². The van der Waals surface area contributed by atoms with Crippen LogP contribution in [0.15, 0.2) is 85.2 Å². The number of hydrogen-bond donors (Lipinski definition) is 3. The second-order valence-corrected chi connectivity index (χ2v) is 8.76. The lowest BCUT2D eigenvalue weighted by Crippen LogP contribution is -2.29. The Labute approximate surface area is 216 Å². The van der Waals surface area contributed by atoms with Crippen LogP contribution in [0.1, 0.15) is 29.5 Å². The molecular weight excluding hydrogens is 466 g/mol. The number of nitrogen functional groups attached to an aromatic ring is 1. The van der Waals surface area contributed by atoms with Crippen LogP contribution in [0.5, 0.6) is 17.2 Å². The molecule has 0 bridgehead atoms. The van der Waals surface area contributed by atoms with E-state index in [0.717, 1.165) is 24.2 Å². The van der Waals surface area contributed by atoms with Gasteiger partial charge < -0.3 is 25.3 Å². The van der Waals surface area contributed by atoms with Crippen LogP contribution in [0, 0.1) is 5.41 Å².